The number of hydrogen-bond donors (Lipinski definition) is 1. The maximum absolute atomic E-state index is 12.6. The lowest BCUT2D eigenvalue weighted by Gasteiger charge is -2.06. The molecule has 6 heteroatoms. The van der Waals surface area contributed by atoms with Crippen molar-refractivity contribution in [1.82, 2.24) is 4.98 Å². The number of nitrogens with one attached hydrogen (secondary N) is 1. The third-order valence-electron chi connectivity index (χ3n) is 2.70. The molecule has 0 radical (unpaired) electrons. The number of aromatic amines is 1. The standard InChI is InChI=1S/C12H10F3NO2/c1-6-10(11(17)18-2)8-5-7(12(13,14)15)3-4-9(8)16-6/h3-5,16H,1-2H3. The SMILES string of the molecule is COC(=O)c1c(C)[nH]c2ccc(C(F)(F)F)cc12. The molecular weight excluding hydrogens is 247 g/mol. The van der Waals surface area contributed by atoms with Crippen molar-refractivity contribution in [2.24, 2.45) is 0 Å². The Bertz CT molecular complexity index is 614. The van der Waals surface area contributed by atoms with E-state index >= 15 is 0 Å². The molecule has 18 heavy (non-hydrogen) atoms. The van der Waals surface area contributed by atoms with Gasteiger partial charge in [-0.3, -0.25) is 0 Å². The summed E-state index contributed by atoms with van der Waals surface area (Å²) in [6.07, 6.45) is -4.44. The van der Waals surface area contributed by atoms with E-state index in [1.54, 1.807) is 6.92 Å². The Morgan fingerprint density at radius 1 is 1.33 bits per heavy atom. The van der Waals surface area contributed by atoms with E-state index in [1.165, 1.54) is 13.2 Å². The van der Waals surface area contributed by atoms with E-state index in [1.807, 2.05) is 0 Å². The lowest BCUT2D eigenvalue weighted by molar-refractivity contribution is -0.137. The molecule has 1 aromatic carbocycles. The first-order valence-electron chi connectivity index (χ1n) is 5.12. The fourth-order valence-electron chi connectivity index (χ4n) is 1.87. The number of hydrogen-bond acceptors (Lipinski definition) is 2. The van der Waals surface area contributed by atoms with Crippen LogP contribution in [0.5, 0.6) is 0 Å². The average Bonchev–Trinajstić information content (AvgIpc) is 2.61. The summed E-state index contributed by atoms with van der Waals surface area (Å²) in [5, 5.41) is 0.217. The van der Waals surface area contributed by atoms with Crippen LogP contribution in [-0.2, 0) is 10.9 Å². The second-order valence-corrected chi connectivity index (χ2v) is 3.87. The summed E-state index contributed by atoms with van der Waals surface area (Å²) in [6, 6.07) is 3.22. The van der Waals surface area contributed by atoms with Gasteiger partial charge < -0.3 is 9.72 Å². The van der Waals surface area contributed by atoms with E-state index in [0.29, 0.717) is 11.2 Å². The molecule has 0 spiro atoms. The monoisotopic (exact) mass is 257 g/mol. The molecule has 0 fully saturated rings. The highest BCUT2D eigenvalue weighted by molar-refractivity contribution is 6.05. The minimum absolute atomic E-state index is 0.138. The van der Waals surface area contributed by atoms with Gasteiger partial charge in [-0.15, -0.1) is 0 Å². The van der Waals surface area contributed by atoms with Crippen LogP contribution >= 0.6 is 0 Å². The number of methoxy groups -OCH3 is 1. The van der Waals surface area contributed by atoms with Gasteiger partial charge in [-0.05, 0) is 25.1 Å². The Morgan fingerprint density at radius 2 is 2.00 bits per heavy atom. The van der Waals surface area contributed by atoms with Gasteiger partial charge in [0, 0.05) is 16.6 Å². The highest BCUT2D eigenvalue weighted by atomic mass is 19.4. The van der Waals surface area contributed by atoms with Crippen LogP contribution in [0.4, 0.5) is 13.2 Å². The number of aromatic nitrogens is 1. The first-order chi connectivity index (χ1) is 8.34. The molecule has 3 nitrogen and oxygen atoms in total. The summed E-state index contributed by atoms with van der Waals surface area (Å²) >= 11 is 0. The molecule has 0 unspecified atom stereocenters. The minimum atomic E-state index is -4.44. The van der Waals surface area contributed by atoms with Crippen molar-refractivity contribution in [3.05, 3.63) is 35.0 Å². The van der Waals surface area contributed by atoms with Gasteiger partial charge >= 0.3 is 12.1 Å². The molecule has 0 atom stereocenters. The lowest BCUT2D eigenvalue weighted by atomic mass is 10.1. The van der Waals surface area contributed by atoms with Crippen molar-refractivity contribution in [2.75, 3.05) is 7.11 Å². The van der Waals surface area contributed by atoms with Crippen LogP contribution in [0, 0.1) is 6.92 Å². The topological polar surface area (TPSA) is 42.1 Å². The first kappa shape index (κ1) is 12.5. The van der Waals surface area contributed by atoms with Gasteiger partial charge in [0.05, 0.1) is 18.2 Å². The molecule has 0 amide bonds. The molecule has 0 bridgehead atoms. The van der Waals surface area contributed by atoms with Gasteiger partial charge in [-0.1, -0.05) is 0 Å². The number of ether oxygens (including phenoxy) is 1. The van der Waals surface area contributed by atoms with Crippen LogP contribution < -0.4 is 0 Å². The smallest absolute Gasteiger partial charge is 0.416 e. The fourth-order valence-corrected chi connectivity index (χ4v) is 1.87. The molecule has 0 aliphatic carbocycles. The zero-order chi connectivity index (χ0) is 13.5. The maximum atomic E-state index is 12.6. The molecule has 1 N–H and O–H groups in total. The van der Waals surface area contributed by atoms with E-state index in [-0.39, 0.29) is 10.9 Å². The number of rotatable bonds is 1. The number of carbonyl (C=O) groups excluding carboxylic acids is 1. The van der Waals surface area contributed by atoms with Crippen molar-refractivity contribution in [3.63, 3.8) is 0 Å². The number of esters is 1. The van der Waals surface area contributed by atoms with Gasteiger partial charge in [0.1, 0.15) is 0 Å². The predicted octanol–water partition coefficient (Wildman–Crippen LogP) is 3.28. The lowest BCUT2D eigenvalue weighted by Crippen LogP contribution is -2.05. The maximum Gasteiger partial charge on any atom is 0.416 e. The number of halogens is 3. The quantitative estimate of drug-likeness (QED) is 0.796. The van der Waals surface area contributed by atoms with Crippen LogP contribution in [0.3, 0.4) is 0 Å². The highest BCUT2D eigenvalue weighted by Crippen LogP contribution is 2.33. The van der Waals surface area contributed by atoms with Crippen LogP contribution in [0.25, 0.3) is 10.9 Å². The predicted molar refractivity (Wildman–Crippen MR) is 59.4 cm³/mol. The number of fused-ring (bicyclic) bond motifs is 1. The molecular formula is C12H10F3NO2. The van der Waals surface area contributed by atoms with Crippen molar-refractivity contribution in [2.45, 2.75) is 13.1 Å². The third-order valence-corrected chi connectivity index (χ3v) is 2.70. The van der Waals surface area contributed by atoms with Crippen LogP contribution in [0.15, 0.2) is 18.2 Å². The van der Waals surface area contributed by atoms with Gasteiger partial charge in [0.2, 0.25) is 0 Å². The van der Waals surface area contributed by atoms with Gasteiger partial charge in [-0.25, -0.2) is 4.79 Å². The zero-order valence-corrected chi connectivity index (χ0v) is 9.68. The second kappa shape index (κ2) is 4.04. The third kappa shape index (κ3) is 1.94. The van der Waals surface area contributed by atoms with Crippen LogP contribution in [-0.4, -0.2) is 18.1 Å². The molecule has 2 rings (SSSR count). The summed E-state index contributed by atoms with van der Waals surface area (Å²) in [4.78, 5) is 14.4. The molecule has 0 aliphatic rings. The molecule has 96 valence electrons. The van der Waals surface area contributed by atoms with E-state index < -0.39 is 17.7 Å². The van der Waals surface area contributed by atoms with Gasteiger partial charge in [0.15, 0.2) is 0 Å². The Morgan fingerprint density at radius 3 is 2.56 bits per heavy atom. The van der Waals surface area contributed by atoms with Crippen molar-refractivity contribution in [3.8, 4) is 0 Å². The summed E-state index contributed by atoms with van der Waals surface area (Å²) in [5.74, 6) is -0.655. The molecule has 0 saturated heterocycles. The summed E-state index contributed by atoms with van der Waals surface area (Å²) < 4.78 is 42.4. The normalized spacial score (nSPS) is 11.8. The molecule has 2 aromatic rings. The number of alkyl halides is 3. The van der Waals surface area contributed by atoms with Crippen LogP contribution in [0.1, 0.15) is 21.6 Å². The number of benzene rings is 1. The summed E-state index contributed by atoms with van der Waals surface area (Å²) in [7, 11) is 1.19. The van der Waals surface area contributed by atoms with E-state index in [2.05, 4.69) is 9.72 Å². The van der Waals surface area contributed by atoms with Crippen molar-refractivity contribution >= 4 is 16.9 Å². The van der Waals surface area contributed by atoms with E-state index in [0.717, 1.165) is 12.1 Å². The molecule has 1 aromatic heterocycles. The molecule has 0 saturated carbocycles. The van der Waals surface area contributed by atoms with Crippen molar-refractivity contribution < 1.29 is 22.7 Å². The average molecular weight is 257 g/mol. The molecule has 0 aliphatic heterocycles. The molecule has 1 heterocycles. The Hall–Kier alpha value is -1.98. The minimum Gasteiger partial charge on any atom is -0.465 e. The van der Waals surface area contributed by atoms with E-state index in [9.17, 15) is 18.0 Å². The van der Waals surface area contributed by atoms with E-state index in [4.69, 9.17) is 0 Å². The Labute approximate surface area is 101 Å². The van der Waals surface area contributed by atoms with Gasteiger partial charge in [0.25, 0.3) is 0 Å². The first-order valence-corrected chi connectivity index (χ1v) is 5.12. The van der Waals surface area contributed by atoms with Crippen LogP contribution in [0.2, 0.25) is 0 Å². The highest BCUT2D eigenvalue weighted by Gasteiger charge is 2.31. The Kier molecular flexibility index (Phi) is 2.80. The number of aryl methyl sites for hydroxylation is 1. The van der Waals surface area contributed by atoms with Crippen molar-refractivity contribution in [1.29, 1.82) is 0 Å². The summed E-state index contributed by atoms with van der Waals surface area (Å²) in [5.41, 5.74) is 0.301. The second-order valence-electron chi connectivity index (χ2n) is 3.87. The fraction of sp³-hybridized carbons (Fsp3) is 0.250. The summed E-state index contributed by atoms with van der Waals surface area (Å²) in [6.45, 7) is 1.61. The largest absolute Gasteiger partial charge is 0.465 e. The zero-order valence-electron chi connectivity index (χ0n) is 9.68. The number of H-pyrrole nitrogens is 1. The Balaban J connectivity index is 2.71. The van der Waals surface area contributed by atoms with Gasteiger partial charge in [-0.2, -0.15) is 13.2 Å². The number of carbonyl (C=O) groups is 1.